The number of carbonyl (C=O) groups excluding carboxylic acids is 1. The molecular weight excluding hydrogens is 230 g/mol. The van der Waals surface area contributed by atoms with E-state index >= 15 is 0 Å². The van der Waals surface area contributed by atoms with E-state index in [-0.39, 0.29) is 5.91 Å². The summed E-state index contributed by atoms with van der Waals surface area (Å²) in [7, 11) is 0. The van der Waals surface area contributed by atoms with Gasteiger partial charge in [0.05, 0.1) is 12.1 Å². The van der Waals surface area contributed by atoms with Crippen LogP contribution in [-0.2, 0) is 6.54 Å². The Morgan fingerprint density at radius 2 is 2.40 bits per heavy atom. The van der Waals surface area contributed by atoms with Crippen molar-refractivity contribution in [1.82, 2.24) is 15.3 Å². The zero-order valence-electron chi connectivity index (χ0n) is 8.06. The fourth-order valence-corrected chi connectivity index (χ4v) is 2.30. The zero-order valence-corrected chi connectivity index (χ0v) is 9.69. The molecule has 1 N–H and O–H groups in total. The Hall–Kier alpha value is -1.27. The highest BCUT2D eigenvalue weighted by molar-refractivity contribution is 7.09. The van der Waals surface area contributed by atoms with Gasteiger partial charge in [0.25, 0.3) is 5.91 Å². The molecule has 15 heavy (non-hydrogen) atoms. The number of rotatable bonds is 3. The van der Waals surface area contributed by atoms with Gasteiger partial charge in [0.1, 0.15) is 10.7 Å². The standard InChI is InChI=1S/C9H9N3OS2/c1-6-3-15-8(12-6)2-10-9(13)7-4-14-5-11-7/h3-5H,2H2,1H3,(H,10,13). The van der Waals surface area contributed by atoms with Crippen LogP contribution in [-0.4, -0.2) is 15.9 Å². The lowest BCUT2D eigenvalue weighted by Crippen LogP contribution is -2.22. The molecule has 0 aliphatic carbocycles. The quantitative estimate of drug-likeness (QED) is 0.889. The van der Waals surface area contributed by atoms with Crippen molar-refractivity contribution in [2.45, 2.75) is 13.5 Å². The first-order valence-electron chi connectivity index (χ1n) is 4.33. The summed E-state index contributed by atoms with van der Waals surface area (Å²) < 4.78 is 0. The summed E-state index contributed by atoms with van der Waals surface area (Å²) >= 11 is 2.95. The third-order valence-corrected chi connectivity index (χ3v) is 3.28. The second-order valence-electron chi connectivity index (χ2n) is 2.94. The maximum atomic E-state index is 11.5. The van der Waals surface area contributed by atoms with E-state index in [0.29, 0.717) is 12.2 Å². The molecule has 2 heterocycles. The highest BCUT2D eigenvalue weighted by Gasteiger charge is 2.07. The third-order valence-electron chi connectivity index (χ3n) is 1.73. The van der Waals surface area contributed by atoms with Crippen molar-refractivity contribution in [3.63, 3.8) is 0 Å². The number of thiazole rings is 2. The Labute approximate surface area is 95.0 Å². The molecule has 0 aromatic carbocycles. The van der Waals surface area contributed by atoms with Gasteiger partial charge in [-0.2, -0.15) is 0 Å². The molecule has 2 aromatic rings. The Balaban J connectivity index is 1.91. The predicted octanol–water partition coefficient (Wildman–Crippen LogP) is 1.84. The molecule has 0 bridgehead atoms. The normalized spacial score (nSPS) is 10.2. The molecule has 1 amide bonds. The Bertz CT molecular complexity index is 450. The van der Waals surface area contributed by atoms with Gasteiger partial charge in [-0.05, 0) is 6.92 Å². The van der Waals surface area contributed by atoms with E-state index in [1.54, 1.807) is 22.2 Å². The Morgan fingerprint density at radius 1 is 1.53 bits per heavy atom. The summed E-state index contributed by atoms with van der Waals surface area (Å²) in [4.78, 5) is 19.7. The molecule has 0 radical (unpaired) electrons. The van der Waals surface area contributed by atoms with Crippen LogP contribution in [0.25, 0.3) is 0 Å². The number of amides is 1. The van der Waals surface area contributed by atoms with Crippen molar-refractivity contribution in [2.75, 3.05) is 0 Å². The van der Waals surface area contributed by atoms with Crippen LogP contribution in [0.5, 0.6) is 0 Å². The van der Waals surface area contributed by atoms with Gasteiger partial charge in [0.2, 0.25) is 0 Å². The van der Waals surface area contributed by atoms with Crippen molar-refractivity contribution >= 4 is 28.6 Å². The summed E-state index contributed by atoms with van der Waals surface area (Å²) in [6, 6.07) is 0. The van der Waals surface area contributed by atoms with Gasteiger partial charge in [-0.15, -0.1) is 22.7 Å². The van der Waals surface area contributed by atoms with E-state index < -0.39 is 0 Å². The fraction of sp³-hybridized carbons (Fsp3) is 0.222. The van der Waals surface area contributed by atoms with E-state index in [1.807, 2.05) is 12.3 Å². The van der Waals surface area contributed by atoms with E-state index in [4.69, 9.17) is 0 Å². The van der Waals surface area contributed by atoms with Gasteiger partial charge >= 0.3 is 0 Å². The molecule has 0 spiro atoms. The van der Waals surface area contributed by atoms with Crippen LogP contribution in [0.4, 0.5) is 0 Å². The van der Waals surface area contributed by atoms with E-state index in [0.717, 1.165) is 10.7 Å². The van der Waals surface area contributed by atoms with Crippen LogP contribution in [0.3, 0.4) is 0 Å². The highest BCUT2D eigenvalue weighted by atomic mass is 32.1. The van der Waals surface area contributed by atoms with Crippen molar-refractivity contribution in [2.24, 2.45) is 0 Å². The molecule has 4 nitrogen and oxygen atoms in total. The summed E-state index contributed by atoms with van der Waals surface area (Å²) in [6.45, 7) is 2.40. The second-order valence-corrected chi connectivity index (χ2v) is 4.60. The first-order chi connectivity index (χ1) is 7.25. The van der Waals surface area contributed by atoms with Gasteiger partial charge in [0.15, 0.2) is 0 Å². The molecule has 0 aliphatic rings. The average Bonchev–Trinajstić information content (AvgIpc) is 2.84. The monoisotopic (exact) mass is 239 g/mol. The number of aromatic nitrogens is 2. The highest BCUT2D eigenvalue weighted by Crippen LogP contribution is 2.08. The molecule has 0 atom stereocenters. The lowest BCUT2D eigenvalue weighted by atomic mass is 10.4. The SMILES string of the molecule is Cc1csc(CNC(=O)c2cscn2)n1. The molecule has 0 aliphatic heterocycles. The van der Waals surface area contributed by atoms with Gasteiger partial charge in [-0.25, -0.2) is 9.97 Å². The first-order valence-corrected chi connectivity index (χ1v) is 6.15. The van der Waals surface area contributed by atoms with Crippen molar-refractivity contribution in [3.8, 4) is 0 Å². The van der Waals surface area contributed by atoms with Crippen LogP contribution < -0.4 is 5.32 Å². The third kappa shape index (κ3) is 2.60. The molecule has 2 aromatic heterocycles. The van der Waals surface area contributed by atoms with Crippen LogP contribution >= 0.6 is 22.7 Å². The van der Waals surface area contributed by atoms with E-state index in [9.17, 15) is 4.79 Å². The molecule has 0 fully saturated rings. The van der Waals surface area contributed by atoms with Gasteiger partial charge in [-0.3, -0.25) is 4.79 Å². The number of nitrogens with zero attached hydrogens (tertiary/aromatic N) is 2. The number of hydrogen-bond donors (Lipinski definition) is 1. The van der Waals surface area contributed by atoms with Gasteiger partial charge in [0, 0.05) is 16.5 Å². The molecule has 78 valence electrons. The van der Waals surface area contributed by atoms with Crippen molar-refractivity contribution in [1.29, 1.82) is 0 Å². The molecular formula is C9H9N3OS2. The molecule has 0 saturated heterocycles. The Kier molecular flexibility index (Phi) is 3.08. The van der Waals surface area contributed by atoms with Crippen LogP contribution in [0, 0.1) is 6.92 Å². The summed E-state index contributed by atoms with van der Waals surface area (Å²) in [5, 5.41) is 7.37. The lowest BCUT2D eigenvalue weighted by Gasteiger charge is -1.98. The van der Waals surface area contributed by atoms with Gasteiger partial charge < -0.3 is 5.32 Å². The zero-order chi connectivity index (χ0) is 10.7. The molecule has 2 rings (SSSR count). The minimum Gasteiger partial charge on any atom is -0.344 e. The average molecular weight is 239 g/mol. The first kappa shape index (κ1) is 10.3. The number of carbonyl (C=O) groups is 1. The van der Waals surface area contributed by atoms with Gasteiger partial charge in [-0.1, -0.05) is 0 Å². The maximum Gasteiger partial charge on any atom is 0.271 e. The minimum absolute atomic E-state index is 0.149. The largest absolute Gasteiger partial charge is 0.344 e. The maximum absolute atomic E-state index is 11.5. The second kappa shape index (κ2) is 4.50. The predicted molar refractivity (Wildman–Crippen MR) is 60.1 cm³/mol. The molecule has 0 unspecified atom stereocenters. The fourth-order valence-electron chi connectivity index (χ4n) is 1.06. The summed E-state index contributed by atoms with van der Waals surface area (Å²) in [6.07, 6.45) is 0. The summed E-state index contributed by atoms with van der Waals surface area (Å²) in [5.74, 6) is -0.149. The lowest BCUT2D eigenvalue weighted by molar-refractivity contribution is 0.0946. The smallest absolute Gasteiger partial charge is 0.271 e. The number of aryl methyl sites for hydroxylation is 1. The van der Waals surface area contributed by atoms with Crippen LogP contribution in [0.15, 0.2) is 16.3 Å². The molecule has 6 heteroatoms. The number of nitrogens with one attached hydrogen (secondary N) is 1. The topological polar surface area (TPSA) is 54.9 Å². The van der Waals surface area contributed by atoms with Crippen LogP contribution in [0.2, 0.25) is 0 Å². The van der Waals surface area contributed by atoms with E-state index in [1.165, 1.54) is 11.3 Å². The Morgan fingerprint density at radius 3 is 3.00 bits per heavy atom. The van der Waals surface area contributed by atoms with Crippen LogP contribution in [0.1, 0.15) is 21.2 Å². The number of hydrogen-bond acceptors (Lipinski definition) is 5. The molecule has 0 saturated carbocycles. The van der Waals surface area contributed by atoms with Crippen molar-refractivity contribution < 1.29 is 4.79 Å². The summed E-state index contributed by atoms with van der Waals surface area (Å²) in [5.41, 5.74) is 3.09. The van der Waals surface area contributed by atoms with E-state index in [2.05, 4.69) is 15.3 Å². The van der Waals surface area contributed by atoms with Crippen molar-refractivity contribution in [3.05, 3.63) is 32.7 Å². The minimum atomic E-state index is -0.149.